The first-order chi connectivity index (χ1) is 17.0. The van der Waals surface area contributed by atoms with Crippen molar-refractivity contribution in [3.8, 4) is 0 Å². The number of thioether (sulfide) groups is 1. The molecule has 0 spiro atoms. The fourth-order valence-electron chi connectivity index (χ4n) is 3.22. The number of aromatic nitrogens is 1. The summed E-state index contributed by atoms with van der Waals surface area (Å²) < 4.78 is 0. The first-order valence-electron chi connectivity index (χ1n) is 10.7. The molecule has 35 heavy (non-hydrogen) atoms. The number of benzene rings is 3. The Labute approximate surface area is 217 Å². The van der Waals surface area contributed by atoms with E-state index in [1.807, 2.05) is 72.1 Å². The van der Waals surface area contributed by atoms with E-state index in [0.717, 1.165) is 21.8 Å². The van der Waals surface area contributed by atoms with Crippen molar-refractivity contribution in [1.29, 1.82) is 0 Å². The zero-order chi connectivity index (χ0) is 24.6. The van der Waals surface area contributed by atoms with Gasteiger partial charge in [-0.1, -0.05) is 36.4 Å². The number of hydrogen-bond donors (Lipinski definition) is 3. The van der Waals surface area contributed by atoms with Crippen molar-refractivity contribution in [3.05, 3.63) is 102 Å². The molecule has 1 aromatic heterocycles. The minimum atomic E-state index is -0.458. The van der Waals surface area contributed by atoms with E-state index in [1.165, 1.54) is 30.0 Å². The van der Waals surface area contributed by atoms with E-state index < -0.39 is 5.25 Å². The molecule has 1 unspecified atom stereocenters. The monoisotopic (exact) mass is 518 g/mol. The molecule has 1 atom stereocenters. The number of rotatable bonds is 8. The summed E-state index contributed by atoms with van der Waals surface area (Å²) in [6.45, 7) is 1.53. The molecule has 3 N–H and O–H groups in total. The lowest BCUT2D eigenvalue weighted by molar-refractivity contribution is -0.115. The lowest BCUT2D eigenvalue weighted by Crippen LogP contribution is -2.19. The minimum absolute atomic E-state index is 0.0145. The van der Waals surface area contributed by atoms with Crippen LogP contribution >= 0.6 is 35.3 Å². The molecule has 6 nitrogen and oxygen atoms in total. The molecule has 1 amide bonds. The Bertz CT molecular complexity index is 1310. The van der Waals surface area contributed by atoms with Crippen molar-refractivity contribution < 1.29 is 9.59 Å². The van der Waals surface area contributed by atoms with Gasteiger partial charge in [-0.05, 0) is 67.2 Å². The predicted octanol–water partition coefficient (Wildman–Crippen LogP) is 6.63. The van der Waals surface area contributed by atoms with Crippen molar-refractivity contribution in [2.24, 2.45) is 0 Å². The Hall–Kier alpha value is -3.53. The maximum atomic E-state index is 13.1. The lowest BCUT2D eigenvalue weighted by atomic mass is 10.1. The van der Waals surface area contributed by atoms with Gasteiger partial charge in [0.05, 0.1) is 0 Å². The lowest BCUT2D eigenvalue weighted by Gasteiger charge is -2.17. The Morgan fingerprint density at radius 1 is 0.914 bits per heavy atom. The average molecular weight is 519 g/mol. The zero-order valence-electron chi connectivity index (χ0n) is 18.7. The molecule has 0 radical (unpaired) electrons. The first-order valence-corrected chi connectivity index (χ1v) is 12.9. The molecule has 3 aromatic carbocycles. The molecular weight excluding hydrogens is 497 g/mol. The Kier molecular flexibility index (Phi) is 8.25. The molecule has 0 fully saturated rings. The number of ketones is 1. The van der Waals surface area contributed by atoms with Crippen LogP contribution in [0.2, 0.25) is 0 Å². The van der Waals surface area contributed by atoms with Crippen LogP contribution in [0.5, 0.6) is 0 Å². The topological polar surface area (TPSA) is 83.1 Å². The van der Waals surface area contributed by atoms with E-state index >= 15 is 0 Å². The van der Waals surface area contributed by atoms with Crippen LogP contribution in [-0.4, -0.2) is 21.8 Å². The largest absolute Gasteiger partial charge is 0.332 e. The number of hydrogen-bond acceptors (Lipinski definition) is 6. The fraction of sp³-hybridized carbons (Fsp3) is 0.0769. The second-order valence-corrected chi connectivity index (χ2v) is 9.96. The third-order valence-electron chi connectivity index (χ3n) is 4.90. The highest BCUT2D eigenvalue weighted by molar-refractivity contribution is 8.00. The summed E-state index contributed by atoms with van der Waals surface area (Å²) in [6, 6.07) is 24.5. The number of anilines is 3. The summed E-state index contributed by atoms with van der Waals surface area (Å²) >= 11 is 8.28. The number of Topliss-reactive ketones (excluding diaryl/α,β-unsaturated/α-hetero) is 1. The van der Waals surface area contributed by atoms with Gasteiger partial charge in [-0.3, -0.25) is 9.59 Å². The number of carbonyl (C=O) groups excluding carboxylic acids is 2. The van der Waals surface area contributed by atoms with Crippen molar-refractivity contribution in [2.45, 2.75) is 17.1 Å². The second-order valence-electron chi connectivity index (χ2n) is 7.48. The van der Waals surface area contributed by atoms with Crippen LogP contribution in [0.15, 0.2) is 95.3 Å². The van der Waals surface area contributed by atoms with E-state index in [4.69, 9.17) is 12.2 Å². The van der Waals surface area contributed by atoms with Gasteiger partial charge >= 0.3 is 0 Å². The number of thiazole rings is 1. The van der Waals surface area contributed by atoms with Crippen LogP contribution in [0.3, 0.4) is 0 Å². The van der Waals surface area contributed by atoms with Gasteiger partial charge in [-0.15, -0.1) is 23.1 Å². The van der Waals surface area contributed by atoms with Gasteiger partial charge in [0, 0.05) is 33.4 Å². The molecule has 0 bridgehead atoms. The standard InChI is InChI=1S/C26H22N4O2S3/c1-17(31)18-10-12-20(13-11-18)28-25(33)29-21-8-5-9-22(16-21)35-23(19-6-3-2-4-7-19)24(32)30-26-27-14-15-34-26/h2-16,23H,1H3,(H,27,30,32)(H2,28,29,33). The molecule has 0 aliphatic heterocycles. The smallest absolute Gasteiger partial charge is 0.244 e. The SMILES string of the molecule is CC(=O)c1ccc(NC(=S)Nc2cccc(SC(C(=O)Nc3nccs3)c3ccccc3)c2)cc1. The fourth-order valence-corrected chi connectivity index (χ4v) is 5.07. The zero-order valence-corrected chi connectivity index (χ0v) is 21.2. The minimum Gasteiger partial charge on any atom is -0.332 e. The number of nitrogens with one attached hydrogen (secondary N) is 3. The maximum Gasteiger partial charge on any atom is 0.244 e. The molecule has 0 saturated carbocycles. The summed E-state index contributed by atoms with van der Waals surface area (Å²) in [5.74, 6) is -0.124. The average Bonchev–Trinajstić information content (AvgIpc) is 3.36. The molecule has 4 rings (SSSR count). The van der Waals surface area contributed by atoms with E-state index in [9.17, 15) is 9.59 Å². The van der Waals surface area contributed by atoms with E-state index in [2.05, 4.69) is 20.9 Å². The first kappa shape index (κ1) is 24.6. The number of carbonyl (C=O) groups is 2. The van der Waals surface area contributed by atoms with Crippen molar-refractivity contribution in [2.75, 3.05) is 16.0 Å². The summed E-state index contributed by atoms with van der Waals surface area (Å²) in [7, 11) is 0. The molecule has 9 heteroatoms. The highest BCUT2D eigenvalue weighted by Crippen LogP contribution is 2.37. The van der Waals surface area contributed by atoms with Gasteiger partial charge in [0.2, 0.25) is 5.91 Å². The van der Waals surface area contributed by atoms with Gasteiger partial charge < -0.3 is 16.0 Å². The van der Waals surface area contributed by atoms with E-state index in [0.29, 0.717) is 15.8 Å². The Balaban J connectivity index is 1.45. The van der Waals surface area contributed by atoms with E-state index in [-0.39, 0.29) is 11.7 Å². The molecule has 1 heterocycles. The Morgan fingerprint density at radius 3 is 2.34 bits per heavy atom. The third kappa shape index (κ3) is 6.98. The van der Waals surface area contributed by atoms with Crippen LogP contribution < -0.4 is 16.0 Å². The van der Waals surface area contributed by atoms with Crippen molar-refractivity contribution in [3.63, 3.8) is 0 Å². The number of thiocarbonyl (C=S) groups is 1. The summed E-state index contributed by atoms with van der Waals surface area (Å²) in [5, 5.41) is 11.6. The highest BCUT2D eigenvalue weighted by Gasteiger charge is 2.23. The number of nitrogens with zero attached hydrogens (tertiary/aromatic N) is 1. The second kappa shape index (κ2) is 11.7. The molecule has 176 valence electrons. The Morgan fingerprint density at radius 2 is 1.66 bits per heavy atom. The van der Waals surface area contributed by atoms with Crippen LogP contribution in [-0.2, 0) is 4.79 Å². The third-order valence-corrected chi connectivity index (χ3v) is 7.04. The van der Waals surface area contributed by atoms with Crippen molar-refractivity contribution in [1.82, 2.24) is 4.98 Å². The van der Waals surface area contributed by atoms with Crippen LogP contribution in [0.4, 0.5) is 16.5 Å². The molecular formula is C26H22N4O2S3. The van der Waals surface area contributed by atoms with Gasteiger partial charge in [-0.2, -0.15) is 0 Å². The van der Waals surface area contributed by atoms with Gasteiger partial charge in [0.15, 0.2) is 16.0 Å². The highest BCUT2D eigenvalue weighted by atomic mass is 32.2. The van der Waals surface area contributed by atoms with Crippen LogP contribution in [0.25, 0.3) is 0 Å². The molecule has 0 aliphatic rings. The van der Waals surface area contributed by atoms with Gasteiger partial charge in [-0.25, -0.2) is 4.98 Å². The molecule has 4 aromatic rings. The summed E-state index contributed by atoms with van der Waals surface area (Å²) in [4.78, 5) is 29.6. The molecule has 0 saturated heterocycles. The summed E-state index contributed by atoms with van der Waals surface area (Å²) in [6.07, 6.45) is 1.66. The van der Waals surface area contributed by atoms with E-state index in [1.54, 1.807) is 18.3 Å². The normalized spacial score (nSPS) is 11.3. The van der Waals surface area contributed by atoms with Crippen LogP contribution in [0, 0.1) is 0 Å². The predicted molar refractivity (Wildman–Crippen MR) is 149 cm³/mol. The van der Waals surface area contributed by atoms with Crippen LogP contribution in [0.1, 0.15) is 28.1 Å². The van der Waals surface area contributed by atoms with Gasteiger partial charge in [0.25, 0.3) is 0 Å². The molecule has 0 aliphatic carbocycles. The maximum absolute atomic E-state index is 13.1. The van der Waals surface area contributed by atoms with Gasteiger partial charge in [0.1, 0.15) is 5.25 Å². The quantitative estimate of drug-likeness (QED) is 0.137. The van der Waals surface area contributed by atoms with Crippen molar-refractivity contribution >= 4 is 68.6 Å². The number of amides is 1. The summed E-state index contributed by atoms with van der Waals surface area (Å²) in [5.41, 5.74) is 3.11.